The van der Waals surface area contributed by atoms with Crippen molar-refractivity contribution in [3.05, 3.63) is 82.0 Å². The van der Waals surface area contributed by atoms with Crippen molar-refractivity contribution in [1.82, 2.24) is 14.8 Å². The highest BCUT2D eigenvalue weighted by Gasteiger charge is 2.18. The number of nitrogens with zero attached hydrogens (tertiary/aromatic N) is 3. The number of halogens is 1. The Morgan fingerprint density at radius 1 is 1.10 bits per heavy atom. The van der Waals surface area contributed by atoms with E-state index in [1.807, 2.05) is 79.1 Å². The third kappa shape index (κ3) is 5.26. The van der Waals surface area contributed by atoms with Gasteiger partial charge in [0.05, 0.1) is 12.3 Å². The van der Waals surface area contributed by atoms with Crippen LogP contribution in [0.4, 0.5) is 5.69 Å². The second kappa shape index (κ2) is 9.53. The molecule has 0 bridgehead atoms. The van der Waals surface area contributed by atoms with Crippen molar-refractivity contribution in [3.63, 3.8) is 0 Å². The summed E-state index contributed by atoms with van der Waals surface area (Å²) in [5.41, 5.74) is 4.07. The maximum absolute atomic E-state index is 12.6. The summed E-state index contributed by atoms with van der Waals surface area (Å²) in [5.74, 6) is 1.37. The van der Waals surface area contributed by atoms with Gasteiger partial charge in [-0.05, 0) is 64.7 Å². The zero-order chi connectivity index (χ0) is 21.8. The van der Waals surface area contributed by atoms with Crippen LogP contribution in [-0.4, -0.2) is 26.4 Å². The Kier molecular flexibility index (Phi) is 6.58. The predicted molar refractivity (Wildman–Crippen MR) is 126 cm³/mol. The molecule has 0 saturated heterocycles. The fourth-order valence-corrected chi connectivity index (χ4v) is 4.15. The lowest BCUT2D eigenvalue weighted by Crippen LogP contribution is -2.15. The highest BCUT2D eigenvalue weighted by atomic mass is 79.9. The van der Waals surface area contributed by atoms with Gasteiger partial charge in [-0.15, -0.1) is 10.2 Å². The van der Waals surface area contributed by atoms with E-state index in [1.165, 1.54) is 11.8 Å². The van der Waals surface area contributed by atoms with Crippen LogP contribution in [0.5, 0.6) is 0 Å². The largest absolute Gasteiger partial charge is 0.446 e. The first-order chi connectivity index (χ1) is 15.0. The highest BCUT2D eigenvalue weighted by molar-refractivity contribution is 9.10. The number of benzene rings is 2. The van der Waals surface area contributed by atoms with Gasteiger partial charge < -0.3 is 9.73 Å². The molecule has 1 N–H and O–H groups in total. The molecule has 4 aromatic rings. The van der Waals surface area contributed by atoms with Gasteiger partial charge in [0.15, 0.2) is 15.6 Å². The molecule has 0 atom stereocenters. The molecular formula is C23H21BrN4O2S. The van der Waals surface area contributed by atoms with Crippen LogP contribution in [0.3, 0.4) is 0 Å². The number of furan rings is 1. The molecule has 0 fully saturated rings. The summed E-state index contributed by atoms with van der Waals surface area (Å²) >= 11 is 4.69. The second-order valence-corrected chi connectivity index (χ2v) is 8.86. The minimum atomic E-state index is -0.0877. The Labute approximate surface area is 193 Å². The number of rotatable bonds is 7. The number of aromatic nitrogens is 3. The SMILES string of the molecule is Cc1ccc(C)c(NC(=O)CSc2nnc(-c3ccc(Br)o3)n2Cc2ccccc2)c1. The molecule has 8 heteroatoms. The number of nitrogens with one attached hydrogen (secondary N) is 1. The summed E-state index contributed by atoms with van der Waals surface area (Å²) < 4.78 is 8.29. The van der Waals surface area contributed by atoms with E-state index in [2.05, 4.69) is 31.4 Å². The van der Waals surface area contributed by atoms with Gasteiger partial charge in [0.2, 0.25) is 11.7 Å². The van der Waals surface area contributed by atoms with Crippen LogP contribution in [-0.2, 0) is 11.3 Å². The first-order valence-corrected chi connectivity index (χ1v) is 11.5. The number of carbonyl (C=O) groups is 1. The van der Waals surface area contributed by atoms with Crippen molar-refractivity contribution in [2.24, 2.45) is 0 Å². The van der Waals surface area contributed by atoms with Gasteiger partial charge in [0.25, 0.3) is 0 Å². The number of hydrogen-bond donors (Lipinski definition) is 1. The molecule has 0 aliphatic heterocycles. The minimum absolute atomic E-state index is 0.0877. The number of carbonyl (C=O) groups excluding carboxylic acids is 1. The number of amides is 1. The van der Waals surface area contributed by atoms with Gasteiger partial charge in [-0.25, -0.2) is 0 Å². The number of hydrogen-bond acceptors (Lipinski definition) is 5. The molecule has 0 unspecified atom stereocenters. The molecule has 1 amide bonds. The predicted octanol–water partition coefficient (Wildman–Crippen LogP) is 5.70. The zero-order valence-corrected chi connectivity index (χ0v) is 19.5. The molecule has 0 spiro atoms. The molecule has 6 nitrogen and oxygen atoms in total. The molecular weight excluding hydrogens is 476 g/mol. The van der Waals surface area contributed by atoms with Crippen molar-refractivity contribution < 1.29 is 9.21 Å². The average Bonchev–Trinajstić information content (AvgIpc) is 3.36. The summed E-state index contributed by atoms with van der Waals surface area (Å²) in [7, 11) is 0. The number of thioether (sulfide) groups is 1. The summed E-state index contributed by atoms with van der Waals surface area (Å²) in [4.78, 5) is 12.6. The highest BCUT2D eigenvalue weighted by Crippen LogP contribution is 2.28. The third-order valence-corrected chi connectivity index (χ3v) is 6.09. The van der Waals surface area contributed by atoms with Gasteiger partial charge in [-0.2, -0.15) is 0 Å². The van der Waals surface area contributed by atoms with Crippen LogP contribution >= 0.6 is 27.7 Å². The lowest BCUT2D eigenvalue weighted by molar-refractivity contribution is -0.113. The topological polar surface area (TPSA) is 73.0 Å². The second-order valence-electron chi connectivity index (χ2n) is 7.14. The van der Waals surface area contributed by atoms with Crippen LogP contribution in [0.1, 0.15) is 16.7 Å². The van der Waals surface area contributed by atoms with Crippen molar-refractivity contribution in [2.45, 2.75) is 25.5 Å². The van der Waals surface area contributed by atoms with Gasteiger partial charge in [-0.1, -0.05) is 54.2 Å². The molecule has 0 aliphatic carbocycles. The first-order valence-electron chi connectivity index (χ1n) is 9.72. The van der Waals surface area contributed by atoms with E-state index >= 15 is 0 Å². The molecule has 158 valence electrons. The maximum Gasteiger partial charge on any atom is 0.234 e. The third-order valence-electron chi connectivity index (χ3n) is 4.69. The smallest absolute Gasteiger partial charge is 0.234 e. The van der Waals surface area contributed by atoms with Crippen molar-refractivity contribution in [1.29, 1.82) is 0 Å². The van der Waals surface area contributed by atoms with Gasteiger partial charge in [0, 0.05) is 5.69 Å². The van der Waals surface area contributed by atoms with E-state index in [1.54, 1.807) is 0 Å². The Hall–Kier alpha value is -2.84. The van der Waals surface area contributed by atoms with Crippen molar-refractivity contribution >= 4 is 39.3 Å². The van der Waals surface area contributed by atoms with Crippen LogP contribution in [0.25, 0.3) is 11.6 Å². The van der Waals surface area contributed by atoms with Crippen molar-refractivity contribution in [3.8, 4) is 11.6 Å². The van der Waals surface area contributed by atoms with E-state index in [4.69, 9.17) is 4.42 Å². The molecule has 0 aliphatic rings. The van der Waals surface area contributed by atoms with Gasteiger partial charge in [0.1, 0.15) is 0 Å². The molecule has 4 rings (SSSR count). The van der Waals surface area contributed by atoms with Crippen LogP contribution in [0, 0.1) is 13.8 Å². The van der Waals surface area contributed by atoms with E-state index in [9.17, 15) is 4.79 Å². The Morgan fingerprint density at radius 3 is 2.65 bits per heavy atom. The molecule has 2 aromatic heterocycles. The lowest BCUT2D eigenvalue weighted by atomic mass is 10.1. The Balaban J connectivity index is 1.54. The Bertz CT molecular complexity index is 1200. The normalized spacial score (nSPS) is 10.9. The molecule has 2 heterocycles. The zero-order valence-electron chi connectivity index (χ0n) is 17.1. The summed E-state index contributed by atoms with van der Waals surface area (Å²) in [6.45, 7) is 4.55. The van der Waals surface area contributed by atoms with E-state index in [0.29, 0.717) is 28.0 Å². The minimum Gasteiger partial charge on any atom is -0.446 e. The first kappa shape index (κ1) is 21.4. The summed E-state index contributed by atoms with van der Waals surface area (Å²) in [6.07, 6.45) is 0. The van der Waals surface area contributed by atoms with Crippen LogP contribution in [0.2, 0.25) is 0 Å². The molecule has 0 radical (unpaired) electrons. The lowest BCUT2D eigenvalue weighted by Gasteiger charge is -2.11. The Morgan fingerprint density at radius 2 is 1.90 bits per heavy atom. The number of aryl methyl sites for hydroxylation is 2. The standard InChI is InChI=1S/C23H21BrN4O2S/c1-15-8-9-16(2)18(12-15)25-21(29)14-31-23-27-26-22(19-10-11-20(24)30-19)28(23)13-17-6-4-3-5-7-17/h3-12H,13-14H2,1-2H3,(H,25,29). The maximum atomic E-state index is 12.6. The van der Waals surface area contributed by atoms with E-state index < -0.39 is 0 Å². The van der Waals surface area contributed by atoms with Crippen molar-refractivity contribution in [2.75, 3.05) is 11.1 Å². The fourth-order valence-electron chi connectivity index (χ4n) is 3.11. The number of anilines is 1. The molecule has 0 saturated carbocycles. The molecule has 2 aromatic carbocycles. The average molecular weight is 497 g/mol. The summed E-state index contributed by atoms with van der Waals surface area (Å²) in [5, 5.41) is 12.3. The van der Waals surface area contributed by atoms with Crippen LogP contribution in [0.15, 0.2) is 74.9 Å². The molecule has 31 heavy (non-hydrogen) atoms. The van der Waals surface area contributed by atoms with Gasteiger partial charge in [-0.3, -0.25) is 9.36 Å². The van der Waals surface area contributed by atoms with E-state index in [-0.39, 0.29) is 11.7 Å². The van der Waals surface area contributed by atoms with Crippen LogP contribution < -0.4 is 5.32 Å². The van der Waals surface area contributed by atoms with E-state index in [0.717, 1.165) is 22.4 Å². The van der Waals surface area contributed by atoms with Gasteiger partial charge >= 0.3 is 0 Å². The monoisotopic (exact) mass is 496 g/mol. The summed E-state index contributed by atoms with van der Waals surface area (Å²) in [6, 6.07) is 19.7. The fraction of sp³-hybridized carbons (Fsp3) is 0.174. The quantitative estimate of drug-likeness (QED) is 0.332.